The Kier molecular flexibility index (Phi) is 3.76. The van der Waals surface area contributed by atoms with Gasteiger partial charge in [0, 0.05) is 36.6 Å². The molecular formula is C20H22N6. The normalized spacial score (nSPS) is 11.3. The van der Waals surface area contributed by atoms with E-state index in [1.807, 2.05) is 40.5 Å². The second-order valence-corrected chi connectivity index (χ2v) is 6.70. The van der Waals surface area contributed by atoms with Gasteiger partial charge in [-0.3, -0.25) is 9.36 Å². The third-order valence-corrected chi connectivity index (χ3v) is 5.01. The van der Waals surface area contributed by atoms with Crippen LogP contribution in [0.2, 0.25) is 0 Å². The van der Waals surface area contributed by atoms with E-state index in [-0.39, 0.29) is 0 Å². The van der Waals surface area contributed by atoms with Gasteiger partial charge in [0.15, 0.2) is 0 Å². The highest BCUT2D eigenvalue weighted by atomic mass is 15.3. The molecule has 0 aliphatic carbocycles. The molecule has 3 heterocycles. The summed E-state index contributed by atoms with van der Waals surface area (Å²) in [5, 5.41) is 13.7. The molecule has 0 aliphatic heterocycles. The lowest BCUT2D eigenvalue weighted by Gasteiger charge is -2.07. The molecule has 132 valence electrons. The highest BCUT2D eigenvalue weighted by Crippen LogP contribution is 2.31. The van der Waals surface area contributed by atoms with Crippen molar-refractivity contribution in [2.24, 2.45) is 14.1 Å². The number of hydrogen-bond acceptors (Lipinski definition) is 3. The van der Waals surface area contributed by atoms with Gasteiger partial charge in [-0.25, -0.2) is 4.68 Å². The third kappa shape index (κ3) is 2.54. The molecule has 0 unspecified atom stereocenters. The van der Waals surface area contributed by atoms with Gasteiger partial charge in [-0.15, -0.1) is 0 Å². The van der Waals surface area contributed by atoms with Crippen molar-refractivity contribution in [3.8, 4) is 28.2 Å². The van der Waals surface area contributed by atoms with Crippen LogP contribution in [0.5, 0.6) is 0 Å². The summed E-state index contributed by atoms with van der Waals surface area (Å²) in [7, 11) is 3.90. The molecule has 26 heavy (non-hydrogen) atoms. The molecule has 0 fully saturated rings. The Hall–Kier alpha value is -3.15. The Morgan fingerprint density at radius 1 is 0.769 bits per heavy atom. The topological polar surface area (TPSA) is 53.5 Å². The Morgan fingerprint density at radius 3 is 1.88 bits per heavy atom. The Morgan fingerprint density at radius 2 is 1.35 bits per heavy atom. The first-order valence-corrected chi connectivity index (χ1v) is 8.60. The molecule has 6 nitrogen and oxygen atoms in total. The van der Waals surface area contributed by atoms with E-state index in [4.69, 9.17) is 5.10 Å². The maximum atomic E-state index is 4.91. The van der Waals surface area contributed by atoms with Gasteiger partial charge in [0.05, 0.1) is 29.5 Å². The highest BCUT2D eigenvalue weighted by Gasteiger charge is 2.18. The Labute approximate surface area is 152 Å². The van der Waals surface area contributed by atoms with E-state index in [1.54, 1.807) is 0 Å². The number of hydrogen-bond donors (Lipinski definition) is 0. The highest BCUT2D eigenvalue weighted by molar-refractivity contribution is 5.72. The average Bonchev–Trinajstić information content (AvgIpc) is 3.29. The quantitative estimate of drug-likeness (QED) is 0.569. The molecule has 0 saturated carbocycles. The fourth-order valence-electron chi connectivity index (χ4n) is 3.09. The molecule has 0 saturated heterocycles. The first-order chi connectivity index (χ1) is 12.5. The van der Waals surface area contributed by atoms with E-state index in [9.17, 15) is 0 Å². The summed E-state index contributed by atoms with van der Waals surface area (Å²) in [5.74, 6) is 0. The predicted molar refractivity (Wildman–Crippen MR) is 102 cm³/mol. The minimum atomic E-state index is 0.912. The van der Waals surface area contributed by atoms with Crippen molar-refractivity contribution < 1.29 is 0 Å². The first kappa shape index (κ1) is 16.3. The van der Waals surface area contributed by atoms with Crippen molar-refractivity contribution in [1.82, 2.24) is 29.3 Å². The van der Waals surface area contributed by atoms with Crippen molar-refractivity contribution in [3.05, 3.63) is 59.7 Å². The monoisotopic (exact) mass is 346 g/mol. The molecule has 0 bridgehead atoms. The summed E-state index contributed by atoms with van der Waals surface area (Å²) in [4.78, 5) is 0. The van der Waals surface area contributed by atoms with Crippen LogP contribution in [0.4, 0.5) is 0 Å². The lowest BCUT2D eigenvalue weighted by Crippen LogP contribution is -2.00. The Bertz CT molecular complexity index is 1080. The number of benzene rings is 1. The van der Waals surface area contributed by atoms with E-state index < -0.39 is 0 Å². The molecule has 0 N–H and O–H groups in total. The molecule has 4 aromatic rings. The zero-order valence-electron chi connectivity index (χ0n) is 15.7. The summed E-state index contributed by atoms with van der Waals surface area (Å²) >= 11 is 0. The van der Waals surface area contributed by atoms with Gasteiger partial charge < -0.3 is 0 Å². The molecular weight excluding hydrogens is 324 g/mol. The van der Waals surface area contributed by atoms with Gasteiger partial charge in [-0.05, 0) is 39.0 Å². The fraction of sp³-hybridized carbons (Fsp3) is 0.250. The van der Waals surface area contributed by atoms with Crippen LogP contribution in [-0.2, 0) is 14.1 Å². The van der Waals surface area contributed by atoms with Crippen molar-refractivity contribution in [1.29, 1.82) is 0 Å². The lowest BCUT2D eigenvalue weighted by molar-refractivity contribution is 0.740. The zero-order chi connectivity index (χ0) is 18.4. The van der Waals surface area contributed by atoms with Crippen LogP contribution >= 0.6 is 0 Å². The van der Waals surface area contributed by atoms with Crippen LogP contribution in [0.25, 0.3) is 28.2 Å². The van der Waals surface area contributed by atoms with Crippen molar-refractivity contribution in [2.75, 3.05) is 0 Å². The number of rotatable bonds is 3. The van der Waals surface area contributed by atoms with Crippen LogP contribution in [0.3, 0.4) is 0 Å². The number of aryl methyl sites for hydroxylation is 3. The van der Waals surface area contributed by atoms with Crippen LogP contribution in [0.1, 0.15) is 17.0 Å². The second kappa shape index (κ2) is 5.98. The smallest absolute Gasteiger partial charge is 0.0968 e. The minimum absolute atomic E-state index is 0.912. The van der Waals surface area contributed by atoms with Gasteiger partial charge in [-0.2, -0.15) is 15.3 Å². The zero-order valence-corrected chi connectivity index (χ0v) is 15.7. The Balaban J connectivity index is 1.95. The van der Waals surface area contributed by atoms with Gasteiger partial charge in [0.1, 0.15) is 0 Å². The van der Waals surface area contributed by atoms with E-state index in [2.05, 4.69) is 61.3 Å². The maximum absolute atomic E-state index is 4.91. The standard InChI is InChI=1S/C20H22N6/c1-13-6-8-16(9-7-13)26-20(18-12-22-25(5)15(18)3)10-19(23-26)17-11-21-24(4)14(17)2/h6-12H,1-5H3. The summed E-state index contributed by atoms with van der Waals surface area (Å²) in [6.45, 7) is 6.22. The number of aromatic nitrogens is 6. The van der Waals surface area contributed by atoms with Crippen molar-refractivity contribution in [3.63, 3.8) is 0 Å². The largest absolute Gasteiger partial charge is 0.272 e. The van der Waals surface area contributed by atoms with E-state index >= 15 is 0 Å². The molecule has 0 radical (unpaired) electrons. The summed E-state index contributed by atoms with van der Waals surface area (Å²) < 4.78 is 5.75. The first-order valence-electron chi connectivity index (χ1n) is 8.60. The van der Waals surface area contributed by atoms with Crippen LogP contribution in [-0.4, -0.2) is 29.3 Å². The summed E-state index contributed by atoms with van der Waals surface area (Å²) in [6.07, 6.45) is 3.77. The van der Waals surface area contributed by atoms with Crippen molar-refractivity contribution in [2.45, 2.75) is 20.8 Å². The SMILES string of the molecule is Cc1ccc(-n2nc(-c3cnn(C)c3C)cc2-c2cnn(C)c2C)cc1. The molecule has 4 rings (SSSR count). The van der Waals surface area contributed by atoms with Crippen molar-refractivity contribution >= 4 is 0 Å². The molecule has 0 aliphatic rings. The van der Waals surface area contributed by atoms with Gasteiger partial charge in [-0.1, -0.05) is 17.7 Å². The predicted octanol–water partition coefficient (Wildman–Crippen LogP) is 3.60. The van der Waals surface area contributed by atoms with Gasteiger partial charge in [0.2, 0.25) is 0 Å². The molecule has 0 spiro atoms. The average molecular weight is 346 g/mol. The molecule has 6 heteroatoms. The van der Waals surface area contributed by atoms with Gasteiger partial charge >= 0.3 is 0 Å². The molecule has 0 atom stereocenters. The fourth-order valence-corrected chi connectivity index (χ4v) is 3.09. The van der Waals surface area contributed by atoms with Gasteiger partial charge in [0.25, 0.3) is 0 Å². The van der Waals surface area contributed by atoms with Crippen LogP contribution in [0.15, 0.2) is 42.7 Å². The van der Waals surface area contributed by atoms with E-state index in [0.717, 1.165) is 39.6 Å². The maximum Gasteiger partial charge on any atom is 0.0968 e. The number of nitrogens with zero attached hydrogens (tertiary/aromatic N) is 6. The van der Waals surface area contributed by atoms with Crippen LogP contribution < -0.4 is 0 Å². The minimum Gasteiger partial charge on any atom is -0.272 e. The summed E-state index contributed by atoms with van der Waals surface area (Å²) in [5.41, 5.74) is 8.51. The molecule has 0 amide bonds. The van der Waals surface area contributed by atoms with Crippen LogP contribution in [0, 0.1) is 20.8 Å². The van der Waals surface area contributed by atoms with E-state index in [0.29, 0.717) is 0 Å². The molecule has 3 aromatic heterocycles. The second-order valence-electron chi connectivity index (χ2n) is 6.70. The molecule has 1 aromatic carbocycles. The van der Waals surface area contributed by atoms with E-state index in [1.165, 1.54) is 5.56 Å². The summed E-state index contributed by atoms with van der Waals surface area (Å²) in [6, 6.07) is 10.5. The lowest BCUT2D eigenvalue weighted by atomic mass is 10.1. The third-order valence-electron chi connectivity index (χ3n) is 5.01.